The summed E-state index contributed by atoms with van der Waals surface area (Å²) in [5.74, 6) is -1.68. The number of ether oxygens (including phenoxy) is 1. The van der Waals surface area contributed by atoms with E-state index in [0.29, 0.717) is 5.56 Å². The zero-order valence-corrected chi connectivity index (χ0v) is 12.1. The van der Waals surface area contributed by atoms with Crippen molar-refractivity contribution in [3.8, 4) is 16.9 Å². The van der Waals surface area contributed by atoms with Crippen LogP contribution in [0.2, 0.25) is 5.02 Å². The van der Waals surface area contributed by atoms with Gasteiger partial charge in [0.05, 0.1) is 17.1 Å². The minimum atomic E-state index is -4.91. The Labute approximate surface area is 132 Å². The first kappa shape index (κ1) is 15.6. The third-order valence-electron chi connectivity index (χ3n) is 3.28. The SMILES string of the molecule is O=C1Cc2cc(-c3c(Cl)cccc3OC(F)(F)F)cc(F)c2N1. The molecule has 0 spiro atoms. The van der Waals surface area contributed by atoms with Crippen molar-refractivity contribution in [3.05, 3.63) is 46.7 Å². The Bertz CT molecular complexity index is 805. The molecule has 1 aliphatic heterocycles. The van der Waals surface area contributed by atoms with Crippen LogP contribution in [-0.4, -0.2) is 12.3 Å². The van der Waals surface area contributed by atoms with E-state index < -0.39 is 17.9 Å². The monoisotopic (exact) mass is 345 g/mol. The third-order valence-corrected chi connectivity index (χ3v) is 3.59. The normalized spacial score (nSPS) is 13.7. The van der Waals surface area contributed by atoms with Crippen LogP contribution in [0.4, 0.5) is 23.2 Å². The Morgan fingerprint density at radius 2 is 1.96 bits per heavy atom. The van der Waals surface area contributed by atoms with Crippen LogP contribution in [0.3, 0.4) is 0 Å². The first-order valence-electron chi connectivity index (χ1n) is 6.41. The van der Waals surface area contributed by atoms with E-state index in [4.69, 9.17) is 11.6 Å². The number of hydrogen-bond donors (Lipinski definition) is 1. The van der Waals surface area contributed by atoms with Crippen molar-refractivity contribution in [3.63, 3.8) is 0 Å². The second-order valence-corrected chi connectivity index (χ2v) is 5.29. The second-order valence-electron chi connectivity index (χ2n) is 4.88. The Morgan fingerprint density at radius 1 is 1.22 bits per heavy atom. The fourth-order valence-corrected chi connectivity index (χ4v) is 2.71. The predicted molar refractivity (Wildman–Crippen MR) is 75.9 cm³/mol. The van der Waals surface area contributed by atoms with Crippen molar-refractivity contribution >= 4 is 23.2 Å². The Morgan fingerprint density at radius 3 is 2.65 bits per heavy atom. The number of anilines is 1. The topological polar surface area (TPSA) is 38.3 Å². The summed E-state index contributed by atoms with van der Waals surface area (Å²) in [6, 6.07) is 6.18. The van der Waals surface area contributed by atoms with Crippen LogP contribution in [-0.2, 0) is 11.2 Å². The van der Waals surface area contributed by atoms with Gasteiger partial charge in [-0.3, -0.25) is 4.79 Å². The molecule has 0 saturated heterocycles. The zero-order chi connectivity index (χ0) is 16.8. The van der Waals surface area contributed by atoms with Crippen molar-refractivity contribution in [1.82, 2.24) is 0 Å². The molecule has 0 aromatic heterocycles. The lowest BCUT2D eigenvalue weighted by Gasteiger charge is -2.15. The molecule has 2 aromatic rings. The van der Waals surface area contributed by atoms with Crippen LogP contribution < -0.4 is 10.1 Å². The molecule has 1 N–H and O–H groups in total. The molecule has 1 aliphatic rings. The molecular weight excluding hydrogens is 338 g/mol. The lowest BCUT2D eigenvalue weighted by molar-refractivity contribution is -0.274. The Hall–Kier alpha value is -2.28. The molecule has 8 heteroatoms. The van der Waals surface area contributed by atoms with Crippen LogP contribution in [0.5, 0.6) is 5.75 Å². The molecule has 0 bridgehead atoms. The molecule has 0 aliphatic carbocycles. The van der Waals surface area contributed by atoms with Crippen molar-refractivity contribution in [1.29, 1.82) is 0 Å². The summed E-state index contributed by atoms with van der Waals surface area (Å²) in [5.41, 5.74) is 0.391. The van der Waals surface area contributed by atoms with Gasteiger partial charge in [-0.25, -0.2) is 4.39 Å². The summed E-state index contributed by atoms with van der Waals surface area (Å²) >= 11 is 5.97. The van der Waals surface area contributed by atoms with Gasteiger partial charge in [0.2, 0.25) is 5.91 Å². The number of hydrogen-bond acceptors (Lipinski definition) is 2. The van der Waals surface area contributed by atoms with Gasteiger partial charge in [0, 0.05) is 5.56 Å². The number of benzene rings is 2. The lowest BCUT2D eigenvalue weighted by Crippen LogP contribution is -2.17. The quantitative estimate of drug-likeness (QED) is 0.812. The Kier molecular flexibility index (Phi) is 3.68. The zero-order valence-electron chi connectivity index (χ0n) is 11.3. The van der Waals surface area contributed by atoms with Gasteiger partial charge in [-0.15, -0.1) is 13.2 Å². The van der Waals surface area contributed by atoms with Crippen molar-refractivity contribution in [2.45, 2.75) is 12.8 Å². The van der Waals surface area contributed by atoms with E-state index in [0.717, 1.165) is 12.1 Å². The number of halogens is 5. The van der Waals surface area contributed by atoms with Gasteiger partial charge in [0.15, 0.2) is 0 Å². The predicted octanol–water partition coefficient (Wildman–Crippen LogP) is 4.54. The highest BCUT2D eigenvalue weighted by Gasteiger charge is 2.33. The van der Waals surface area contributed by atoms with E-state index in [9.17, 15) is 22.4 Å². The van der Waals surface area contributed by atoms with E-state index in [1.54, 1.807) is 0 Å². The molecule has 0 radical (unpaired) electrons. The highest BCUT2D eigenvalue weighted by Crippen LogP contribution is 2.41. The molecule has 0 fully saturated rings. The number of rotatable bonds is 2. The van der Waals surface area contributed by atoms with E-state index in [1.807, 2.05) is 0 Å². The molecular formula is C15H8ClF4NO2. The maximum atomic E-state index is 14.1. The lowest BCUT2D eigenvalue weighted by atomic mass is 10.0. The number of carbonyl (C=O) groups excluding carboxylic acids is 1. The minimum Gasteiger partial charge on any atom is -0.405 e. The summed E-state index contributed by atoms with van der Waals surface area (Å²) in [6.45, 7) is 0. The number of carbonyl (C=O) groups is 1. The highest BCUT2D eigenvalue weighted by atomic mass is 35.5. The fourth-order valence-electron chi connectivity index (χ4n) is 2.44. The van der Waals surface area contributed by atoms with Gasteiger partial charge >= 0.3 is 6.36 Å². The molecule has 1 heterocycles. The van der Waals surface area contributed by atoms with E-state index in [-0.39, 0.29) is 34.2 Å². The van der Waals surface area contributed by atoms with Gasteiger partial charge in [-0.1, -0.05) is 17.7 Å². The minimum absolute atomic E-state index is 0.0246. The third kappa shape index (κ3) is 3.10. The van der Waals surface area contributed by atoms with Gasteiger partial charge in [0.1, 0.15) is 11.6 Å². The molecule has 1 amide bonds. The number of alkyl halides is 3. The van der Waals surface area contributed by atoms with Crippen LogP contribution in [0.25, 0.3) is 11.1 Å². The fraction of sp³-hybridized carbons (Fsp3) is 0.133. The van der Waals surface area contributed by atoms with Gasteiger partial charge in [0.25, 0.3) is 0 Å². The van der Waals surface area contributed by atoms with Gasteiger partial charge < -0.3 is 10.1 Å². The first-order chi connectivity index (χ1) is 10.7. The molecule has 0 saturated carbocycles. The molecule has 23 heavy (non-hydrogen) atoms. The van der Waals surface area contributed by atoms with Crippen LogP contribution in [0.15, 0.2) is 30.3 Å². The number of fused-ring (bicyclic) bond motifs is 1. The summed E-state index contributed by atoms with van der Waals surface area (Å²) in [7, 11) is 0. The van der Waals surface area contributed by atoms with Crippen LogP contribution in [0, 0.1) is 5.82 Å². The standard InChI is InChI=1S/C15H8ClF4NO2/c16-9-2-1-3-11(23-15(18,19)20)13(9)7-4-8-6-12(22)21-14(8)10(17)5-7/h1-5H,6H2,(H,21,22). The van der Waals surface area contributed by atoms with Crippen molar-refractivity contribution in [2.24, 2.45) is 0 Å². The van der Waals surface area contributed by atoms with Crippen LogP contribution >= 0.6 is 11.6 Å². The van der Waals surface area contributed by atoms with Crippen molar-refractivity contribution < 1.29 is 27.1 Å². The van der Waals surface area contributed by atoms with Gasteiger partial charge in [-0.05, 0) is 35.4 Å². The molecule has 0 atom stereocenters. The van der Waals surface area contributed by atoms with E-state index in [1.165, 1.54) is 18.2 Å². The van der Waals surface area contributed by atoms with E-state index >= 15 is 0 Å². The Balaban J connectivity index is 2.15. The van der Waals surface area contributed by atoms with Crippen LogP contribution in [0.1, 0.15) is 5.56 Å². The largest absolute Gasteiger partial charge is 0.573 e. The molecule has 120 valence electrons. The van der Waals surface area contributed by atoms with Gasteiger partial charge in [-0.2, -0.15) is 0 Å². The highest BCUT2D eigenvalue weighted by molar-refractivity contribution is 6.33. The van der Waals surface area contributed by atoms with E-state index in [2.05, 4.69) is 10.1 Å². The maximum absolute atomic E-state index is 14.1. The second kappa shape index (κ2) is 5.42. The molecule has 3 rings (SSSR count). The van der Waals surface area contributed by atoms with Crippen molar-refractivity contribution in [2.75, 3.05) is 5.32 Å². The number of nitrogens with one attached hydrogen (secondary N) is 1. The summed E-state index contributed by atoms with van der Waals surface area (Å²) < 4.78 is 55.6. The number of amides is 1. The summed E-state index contributed by atoms with van der Waals surface area (Å²) in [4.78, 5) is 11.3. The maximum Gasteiger partial charge on any atom is 0.573 e. The molecule has 3 nitrogen and oxygen atoms in total. The first-order valence-corrected chi connectivity index (χ1v) is 6.79. The average Bonchev–Trinajstić information content (AvgIpc) is 2.78. The molecule has 2 aromatic carbocycles. The smallest absolute Gasteiger partial charge is 0.405 e. The average molecular weight is 346 g/mol. The molecule has 0 unspecified atom stereocenters. The summed E-state index contributed by atoms with van der Waals surface area (Å²) in [5, 5.41) is 2.33. The summed E-state index contributed by atoms with van der Waals surface area (Å²) in [6.07, 6.45) is -4.97.